The number of hydrogen-bond acceptors (Lipinski definition) is 3. The van der Waals surface area contributed by atoms with E-state index < -0.39 is 0 Å². The summed E-state index contributed by atoms with van der Waals surface area (Å²) in [5.74, 6) is 0.600. The maximum Gasteiger partial charge on any atom is 0.255 e. The van der Waals surface area contributed by atoms with Crippen molar-refractivity contribution >= 4 is 11.6 Å². The number of benzene rings is 2. The van der Waals surface area contributed by atoms with E-state index in [0.29, 0.717) is 28.3 Å². The Morgan fingerprint density at radius 3 is 2.75 bits per heavy atom. The van der Waals surface area contributed by atoms with Crippen LogP contribution >= 0.6 is 0 Å². The fourth-order valence-electron chi connectivity index (χ4n) is 2.05. The van der Waals surface area contributed by atoms with Crippen LogP contribution < -0.4 is 14.8 Å². The van der Waals surface area contributed by atoms with Crippen LogP contribution in [-0.2, 0) is 0 Å². The van der Waals surface area contributed by atoms with Gasteiger partial charge in [0.1, 0.15) is 5.82 Å². The number of rotatable bonds is 2. The average Bonchev–Trinajstić information content (AvgIpc) is 2.85. The van der Waals surface area contributed by atoms with E-state index in [-0.39, 0.29) is 18.5 Å². The number of ether oxygens (including phenoxy) is 2. The summed E-state index contributed by atoms with van der Waals surface area (Å²) in [5, 5.41) is 2.75. The Hall–Kier alpha value is -2.56. The Bertz CT molecular complexity index is 685. The Morgan fingerprint density at radius 1 is 1.15 bits per heavy atom. The number of fused-ring (bicyclic) bond motifs is 1. The molecule has 1 aliphatic heterocycles. The number of aryl methyl sites for hydroxylation is 1. The van der Waals surface area contributed by atoms with Crippen molar-refractivity contribution in [3.63, 3.8) is 0 Å². The number of nitrogens with one attached hydrogen (secondary N) is 1. The minimum absolute atomic E-state index is 0.184. The van der Waals surface area contributed by atoms with Gasteiger partial charge in [-0.15, -0.1) is 0 Å². The van der Waals surface area contributed by atoms with Crippen LogP contribution in [0.5, 0.6) is 11.5 Å². The summed E-state index contributed by atoms with van der Waals surface area (Å²) < 4.78 is 23.5. The Morgan fingerprint density at radius 2 is 1.95 bits per heavy atom. The lowest BCUT2D eigenvalue weighted by Gasteiger charge is -2.08. The highest BCUT2D eigenvalue weighted by Gasteiger charge is 2.15. The predicted octanol–water partition coefficient (Wildman–Crippen LogP) is 3.12. The highest BCUT2D eigenvalue weighted by molar-refractivity contribution is 6.05. The summed E-state index contributed by atoms with van der Waals surface area (Å²) in [6, 6.07) is 9.21. The fraction of sp³-hybridized carbons (Fsp3) is 0.133. The van der Waals surface area contributed by atoms with Crippen molar-refractivity contribution in [2.45, 2.75) is 6.92 Å². The SMILES string of the molecule is Cc1cc(F)ccc1C(=O)Nc1ccc2c(c1)OCO2. The monoisotopic (exact) mass is 273 g/mol. The Balaban J connectivity index is 1.82. The Kier molecular flexibility index (Phi) is 3.02. The van der Waals surface area contributed by atoms with E-state index in [9.17, 15) is 9.18 Å². The summed E-state index contributed by atoms with van der Waals surface area (Å²) in [5.41, 5.74) is 1.62. The van der Waals surface area contributed by atoms with Crippen LogP contribution in [0.3, 0.4) is 0 Å². The molecule has 5 heteroatoms. The molecule has 4 nitrogen and oxygen atoms in total. The van der Waals surface area contributed by atoms with Gasteiger partial charge in [-0.05, 0) is 42.8 Å². The van der Waals surface area contributed by atoms with Gasteiger partial charge in [0.2, 0.25) is 6.79 Å². The topological polar surface area (TPSA) is 47.6 Å². The summed E-state index contributed by atoms with van der Waals surface area (Å²) in [7, 11) is 0. The fourth-order valence-corrected chi connectivity index (χ4v) is 2.05. The van der Waals surface area contributed by atoms with Gasteiger partial charge >= 0.3 is 0 Å². The highest BCUT2D eigenvalue weighted by Crippen LogP contribution is 2.34. The van der Waals surface area contributed by atoms with Gasteiger partial charge in [0.15, 0.2) is 11.5 Å². The summed E-state index contributed by atoms with van der Waals surface area (Å²) >= 11 is 0. The third-order valence-corrected chi connectivity index (χ3v) is 3.06. The van der Waals surface area contributed by atoms with E-state index in [4.69, 9.17) is 9.47 Å². The van der Waals surface area contributed by atoms with E-state index in [1.54, 1.807) is 25.1 Å². The van der Waals surface area contributed by atoms with Crippen LogP contribution in [0.2, 0.25) is 0 Å². The molecule has 1 amide bonds. The molecule has 0 aliphatic carbocycles. The molecule has 1 aliphatic rings. The van der Waals surface area contributed by atoms with Crippen molar-refractivity contribution in [2.75, 3.05) is 12.1 Å². The number of halogens is 1. The maximum absolute atomic E-state index is 13.0. The first kappa shape index (κ1) is 12.5. The molecular weight excluding hydrogens is 261 g/mol. The largest absolute Gasteiger partial charge is 0.454 e. The number of anilines is 1. The van der Waals surface area contributed by atoms with Crippen molar-refractivity contribution in [1.29, 1.82) is 0 Å². The van der Waals surface area contributed by atoms with Crippen LogP contribution in [0, 0.1) is 12.7 Å². The first-order chi connectivity index (χ1) is 9.63. The highest BCUT2D eigenvalue weighted by atomic mass is 19.1. The molecule has 0 aromatic heterocycles. The second-order valence-electron chi connectivity index (χ2n) is 4.48. The molecule has 2 aromatic rings. The zero-order valence-corrected chi connectivity index (χ0v) is 10.8. The van der Waals surface area contributed by atoms with E-state index in [2.05, 4.69) is 5.32 Å². The second kappa shape index (κ2) is 4.85. The van der Waals surface area contributed by atoms with Gasteiger partial charge in [0.05, 0.1) is 0 Å². The van der Waals surface area contributed by atoms with Crippen molar-refractivity contribution in [3.8, 4) is 11.5 Å². The Labute approximate surface area is 115 Å². The first-order valence-electron chi connectivity index (χ1n) is 6.10. The number of amides is 1. The zero-order valence-electron chi connectivity index (χ0n) is 10.8. The zero-order chi connectivity index (χ0) is 14.1. The van der Waals surface area contributed by atoms with Gasteiger partial charge in [-0.1, -0.05) is 0 Å². The number of carbonyl (C=O) groups is 1. The molecule has 3 rings (SSSR count). The van der Waals surface area contributed by atoms with Crippen LogP contribution in [0.1, 0.15) is 15.9 Å². The molecule has 0 saturated heterocycles. The van der Waals surface area contributed by atoms with Crippen LogP contribution in [0.25, 0.3) is 0 Å². The van der Waals surface area contributed by atoms with Crippen molar-refractivity contribution in [3.05, 3.63) is 53.3 Å². The molecule has 0 atom stereocenters. The third kappa shape index (κ3) is 2.30. The van der Waals surface area contributed by atoms with E-state index in [0.717, 1.165) is 0 Å². The van der Waals surface area contributed by atoms with Gasteiger partial charge in [0, 0.05) is 17.3 Å². The molecule has 1 N–H and O–H groups in total. The van der Waals surface area contributed by atoms with Crippen LogP contribution in [0.15, 0.2) is 36.4 Å². The van der Waals surface area contributed by atoms with E-state index in [1.807, 2.05) is 0 Å². The summed E-state index contributed by atoms with van der Waals surface area (Å²) in [6.07, 6.45) is 0. The van der Waals surface area contributed by atoms with E-state index >= 15 is 0 Å². The normalized spacial score (nSPS) is 12.3. The van der Waals surface area contributed by atoms with E-state index in [1.165, 1.54) is 18.2 Å². The van der Waals surface area contributed by atoms with Gasteiger partial charge in [0.25, 0.3) is 5.91 Å². The molecule has 20 heavy (non-hydrogen) atoms. The lowest BCUT2D eigenvalue weighted by molar-refractivity contribution is 0.102. The van der Waals surface area contributed by atoms with Gasteiger partial charge < -0.3 is 14.8 Å². The molecular formula is C15H12FNO3. The minimum atomic E-state index is -0.359. The standard InChI is InChI=1S/C15H12FNO3/c1-9-6-10(16)2-4-12(9)15(18)17-11-3-5-13-14(7-11)20-8-19-13/h2-7H,8H2,1H3,(H,17,18). The number of carbonyl (C=O) groups excluding carboxylic acids is 1. The summed E-state index contributed by atoms with van der Waals surface area (Å²) in [4.78, 5) is 12.1. The van der Waals surface area contributed by atoms with Gasteiger partial charge in [-0.3, -0.25) is 4.79 Å². The van der Waals surface area contributed by atoms with Crippen molar-refractivity contribution < 1.29 is 18.7 Å². The van der Waals surface area contributed by atoms with Gasteiger partial charge in [-0.25, -0.2) is 4.39 Å². The minimum Gasteiger partial charge on any atom is -0.454 e. The summed E-state index contributed by atoms with van der Waals surface area (Å²) in [6.45, 7) is 1.88. The lowest BCUT2D eigenvalue weighted by atomic mass is 10.1. The third-order valence-electron chi connectivity index (χ3n) is 3.06. The molecule has 2 aromatic carbocycles. The lowest BCUT2D eigenvalue weighted by Crippen LogP contribution is -2.13. The molecule has 0 unspecified atom stereocenters. The van der Waals surface area contributed by atoms with Crippen LogP contribution in [-0.4, -0.2) is 12.7 Å². The molecule has 0 radical (unpaired) electrons. The second-order valence-corrected chi connectivity index (χ2v) is 4.48. The van der Waals surface area contributed by atoms with Crippen molar-refractivity contribution in [2.24, 2.45) is 0 Å². The van der Waals surface area contributed by atoms with Crippen molar-refractivity contribution in [1.82, 2.24) is 0 Å². The maximum atomic E-state index is 13.0. The average molecular weight is 273 g/mol. The quantitative estimate of drug-likeness (QED) is 0.914. The smallest absolute Gasteiger partial charge is 0.255 e. The molecule has 0 fully saturated rings. The molecule has 1 heterocycles. The van der Waals surface area contributed by atoms with Crippen LogP contribution in [0.4, 0.5) is 10.1 Å². The predicted molar refractivity (Wildman–Crippen MR) is 71.7 cm³/mol. The number of hydrogen-bond donors (Lipinski definition) is 1. The van der Waals surface area contributed by atoms with Gasteiger partial charge in [-0.2, -0.15) is 0 Å². The molecule has 0 saturated carbocycles. The molecule has 102 valence electrons. The molecule has 0 spiro atoms. The molecule has 0 bridgehead atoms. The first-order valence-corrected chi connectivity index (χ1v) is 6.10.